The lowest BCUT2D eigenvalue weighted by molar-refractivity contribution is -0.114. The van der Waals surface area contributed by atoms with Gasteiger partial charge in [-0.1, -0.05) is 22.9 Å². The SMILES string of the molecule is CC(=O)Nc1nc(C)c(-c2cnc(Cl)c(NS(=O)(=O)CCCN(C)C)c2)s1. The number of rotatable bonds is 8. The number of carbonyl (C=O) groups excluding carboxylic acids is 1. The highest BCUT2D eigenvalue weighted by Gasteiger charge is 2.17. The van der Waals surface area contributed by atoms with Crippen molar-refractivity contribution in [3.8, 4) is 10.4 Å². The minimum absolute atomic E-state index is 0.0159. The van der Waals surface area contributed by atoms with Crippen molar-refractivity contribution >= 4 is 49.7 Å². The smallest absolute Gasteiger partial charge is 0.232 e. The van der Waals surface area contributed by atoms with E-state index in [2.05, 4.69) is 20.0 Å². The molecule has 0 unspecified atom stereocenters. The number of hydrogen-bond acceptors (Lipinski definition) is 7. The van der Waals surface area contributed by atoms with Crippen molar-refractivity contribution in [2.75, 3.05) is 36.4 Å². The Morgan fingerprint density at radius 1 is 1.37 bits per heavy atom. The zero-order chi connectivity index (χ0) is 20.2. The van der Waals surface area contributed by atoms with Crippen molar-refractivity contribution < 1.29 is 13.2 Å². The standard InChI is InChI=1S/C16H22ClN5O3S2/c1-10-14(26-16(19-10)20-11(2)23)12-8-13(15(17)18-9-12)21-27(24,25)7-5-6-22(3)4/h8-9,21H,5-7H2,1-4H3,(H,19,20,23). The number of anilines is 2. The molecule has 11 heteroatoms. The molecular formula is C16H22ClN5O3S2. The number of thiazole rings is 1. The fourth-order valence-corrected chi connectivity index (χ4v) is 4.60. The van der Waals surface area contributed by atoms with Crippen LogP contribution in [0, 0.1) is 6.92 Å². The summed E-state index contributed by atoms with van der Waals surface area (Å²) in [6.45, 7) is 3.87. The fraction of sp³-hybridized carbons (Fsp3) is 0.438. The van der Waals surface area contributed by atoms with Gasteiger partial charge in [0.15, 0.2) is 10.3 Å². The Bertz CT molecular complexity index is 928. The van der Waals surface area contributed by atoms with Gasteiger partial charge in [-0.25, -0.2) is 18.4 Å². The van der Waals surface area contributed by atoms with Crippen molar-refractivity contribution in [3.63, 3.8) is 0 Å². The lowest BCUT2D eigenvalue weighted by Crippen LogP contribution is -2.21. The van der Waals surface area contributed by atoms with Crippen molar-refractivity contribution in [3.05, 3.63) is 23.1 Å². The fourth-order valence-electron chi connectivity index (χ4n) is 2.30. The van der Waals surface area contributed by atoms with Crippen molar-refractivity contribution in [1.29, 1.82) is 0 Å². The van der Waals surface area contributed by atoms with E-state index in [1.807, 2.05) is 19.0 Å². The van der Waals surface area contributed by atoms with Gasteiger partial charge in [0.2, 0.25) is 15.9 Å². The minimum Gasteiger partial charge on any atom is -0.309 e. The molecule has 148 valence electrons. The average molecular weight is 432 g/mol. The number of amides is 1. The first kappa shape index (κ1) is 21.5. The Hall–Kier alpha value is -1.75. The summed E-state index contributed by atoms with van der Waals surface area (Å²) in [6.07, 6.45) is 2.05. The van der Waals surface area contributed by atoms with Gasteiger partial charge in [-0.2, -0.15) is 0 Å². The van der Waals surface area contributed by atoms with Crippen LogP contribution in [0.5, 0.6) is 0 Å². The van der Waals surface area contributed by atoms with Gasteiger partial charge >= 0.3 is 0 Å². The number of nitrogens with zero attached hydrogens (tertiary/aromatic N) is 3. The molecule has 0 spiro atoms. The summed E-state index contributed by atoms with van der Waals surface area (Å²) in [5, 5.41) is 3.18. The Labute approximate surface area is 168 Å². The first-order valence-corrected chi connectivity index (χ1v) is 11.0. The van der Waals surface area contributed by atoms with E-state index < -0.39 is 10.0 Å². The molecule has 27 heavy (non-hydrogen) atoms. The predicted molar refractivity (Wildman–Crippen MR) is 110 cm³/mol. The zero-order valence-corrected chi connectivity index (χ0v) is 17.9. The molecule has 0 aromatic carbocycles. The largest absolute Gasteiger partial charge is 0.309 e. The van der Waals surface area contributed by atoms with Crippen molar-refractivity contribution in [2.45, 2.75) is 20.3 Å². The van der Waals surface area contributed by atoms with E-state index in [1.54, 1.807) is 19.2 Å². The maximum atomic E-state index is 12.3. The van der Waals surface area contributed by atoms with Crippen LogP contribution in [0.3, 0.4) is 0 Å². The predicted octanol–water partition coefficient (Wildman–Crippen LogP) is 2.82. The first-order valence-electron chi connectivity index (χ1n) is 8.13. The molecule has 0 aliphatic carbocycles. The lowest BCUT2D eigenvalue weighted by atomic mass is 10.2. The maximum absolute atomic E-state index is 12.3. The lowest BCUT2D eigenvalue weighted by Gasteiger charge is -2.12. The number of hydrogen-bond donors (Lipinski definition) is 2. The third kappa shape index (κ3) is 6.42. The van der Waals surface area contributed by atoms with Gasteiger partial charge < -0.3 is 10.2 Å². The van der Waals surface area contributed by atoms with Gasteiger partial charge in [-0.3, -0.25) is 9.52 Å². The topological polar surface area (TPSA) is 104 Å². The number of nitrogens with one attached hydrogen (secondary N) is 2. The van der Waals surface area contributed by atoms with Gasteiger partial charge in [-0.15, -0.1) is 0 Å². The molecule has 1 amide bonds. The molecule has 2 N–H and O–H groups in total. The summed E-state index contributed by atoms with van der Waals surface area (Å²) in [7, 11) is 0.229. The highest BCUT2D eigenvalue weighted by Crippen LogP contribution is 2.35. The number of aromatic nitrogens is 2. The molecule has 0 aliphatic heterocycles. The molecule has 0 atom stereocenters. The average Bonchev–Trinajstić information content (AvgIpc) is 2.88. The van der Waals surface area contributed by atoms with E-state index in [-0.39, 0.29) is 22.5 Å². The van der Waals surface area contributed by atoms with Gasteiger partial charge in [0.25, 0.3) is 0 Å². The maximum Gasteiger partial charge on any atom is 0.232 e. The van der Waals surface area contributed by atoms with Crippen LogP contribution in [0.2, 0.25) is 5.15 Å². The molecule has 2 aromatic rings. The van der Waals surface area contributed by atoms with E-state index in [4.69, 9.17) is 11.6 Å². The quantitative estimate of drug-likeness (QED) is 0.623. The van der Waals surface area contributed by atoms with Crippen LogP contribution in [0.4, 0.5) is 10.8 Å². The van der Waals surface area contributed by atoms with Gasteiger partial charge in [0, 0.05) is 18.7 Å². The van der Waals surface area contributed by atoms with E-state index in [9.17, 15) is 13.2 Å². The number of pyridine rings is 1. The van der Waals surface area contributed by atoms with Gasteiger partial charge in [-0.05, 0) is 40.1 Å². The molecule has 0 saturated carbocycles. The van der Waals surface area contributed by atoms with Crippen molar-refractivity contribution in [2.24, 2.45) is 0 Å². The highest BCUT2D eigenvalue weighted by atomic mass is 35.5. The zero-order valence-electron chi connectivity index (χ0n) is 15.5. The van der Waals surface area contributed by atoms with Crippen LogP contribution in [-0.2, 0) is 14.8 Å². The summed E-state index contributed by atoms with van der Waals surface area (Å²) in [4.78, 5) is 22.3. The van der Waals surface area contributed by atoms with E-state index in [0.29, 0.717) is 29.4 Å². The summed E-state index contributed by atoms with van der Waals surface area (Å²) >= 11 is 7.35. The Balaban J connectivity index is 2.23. The second-order valence-electron chi connectivity index (χ2n) is 6.25. The molecular weight excluding hydrogens is 410 g/mol. The molecule has 0 fully saturated rings. The Morgan fingerprint density at radius 2 is 2.07 bits per heavy atom. The van der Waals surface area contributed by atoms with Crippen LogP contribution >= 0.6 is 22.9 Å². The first-order chi connectivity index (χ1) is 12.6. The van der Waals surface area contributed by atoms with Gasteiger partial charge in [0.1, 0.15) is 0 Å². The van der Waals surface area contributed by atoms with E-state index in [1.165, 1.54) is 18.3 Å². The summed E-state index contributed by atoms with van der Waals surface area (Å²) in [5.74, 6) is -0.228. The summed E-state index contributed by atoms with van der Waals surface area (Å²) in [5.41, 5.74) is 1.58. The number of sulfonamides is 1. The molecule has 2 aromatic heterocycles. The van der Waals surface area contributed by atoms with E-state index >= 15 is 0 Å². The third-order valence-corrected chi connectivity index (χ3v) is 6.24. The summed E-state index contributed by atoms with van der Waals surface area (Å²) in [6, 6.07) is 1.62. The van der Waals surface area contributed by atoms with Gasteiger partial charge in [0.05, 0.1) is 22.0 Å². The van der Waals surface area contributed by atoms with Crippen LogP contribution in [0.25, 0.3) is 10.4 Å². The van der Waals surface area contributed by atoms with Crippen LogP contribution in [0.15, 0.2) is 12.3 Å². The second kappa shape index (κ2) is 8.96. The molecule has 0 aliphatic rings. The molecule has 8 nitrogen and oxygen atoms in total. The molecule has 2 heterocycles. The van der Waals surface area contributed by atoms with Crippen molar-refractivity contribution in [1.82, 2.24) is 14.9 Å². The molecule has 0 saturated heterocycles. The van der Waals surface area contributed by atoms with Crippen LogP contribution < -0.4 is 10.0 Å². The second-order valence-corrected chi connectivity index (χ2v) is 9.45. The molecule has 0 radical (unpaired) electrons. The van der Waals surface area contributed by atoms with E-state index in [0.717, 1.165) is 4.88 Å². The number of aryl methyl sites for hydroxylation is 1. The Kier molecular flexibility index (Phi) is 7.15. The normalized spacial score (nSPS) is 11.6. The summed E-state index contributed by atoms with van der Waals surface area (Å²) < 4.78 is 27.1. The highest BCUT2D eigenvalue weighted by molar-refractivity contribution is 7.92. The van der Waals surface area contributed by atoms with Crippen LogP contribution in [-0.4, -0.2) is 55.6 Å². The minimum atomic E-state index is -3.54. The monoisotopic (exact) mass is 431 g/mol. The van der Waals surface area contributed by atoms with Crippen LogP contribution in [0.1, 0.15) is 19.0 Å². The third-order valence-electron chi connectivity index (χ3n) is 3.46. The number of halogens is 1. The number of carbonyl (C=O) groups is 1. The molecule has 2 rings (SSSR count). The Morgan fingerprint density at radius 3 is 2.70 bits per heavy atom. The molecule has 0 bridgehead atoms.